The van der Waals surface area contributed by atoms with E-state index in [9.17, 15) is 4.79 Å². The average Bonchev–Trinajstić information content (AvgIpc) is 2.30. The maximum Gasteiger partial charge on any atom is 0.234 e. The highest BCUT2D eigenvalue weighted by Crippen LogP contribution is 2.16. The summed E-state index contributed by atoms with van der Waals surface area (Å²) in [7, 11) is 0. The van der Waals surface area contributed by atoms with Crippen LogP contribution in [0.4, 0.5) is 0 Å². The number of rotatable bonds is 6. The first-order valence-corrected chi connectivity index (χ1v) is 6.82. The Kier molecular flexibility index (Phi) is 6.44. The van der Waals surface area contributed by atoms with Crippen molar-refractivity contribution in [3.63, 3.8) is 0 Å². The van der Waals surface area contributed by atoms with Crippen molar-refractivity contribution in [1.29, 1.82) is 0 Å². The van der Waals surface area contributed by atoms with Gasteiger partial charge in [0.15, 0.2) is 0 Å². The number of nitrogens with two attached hydrogens (primary N) is 1. The van der Waals surface area contributed by atoms with E-state index in [1.54, 1.807) is 0 Å². The molecule has 17 heavy (non-hydrogen) atoms. The molecule has 1 fully saturated rings. The second-order valence-corrected chi connectivity index (χ2v) is 5.13. The Morgan fingerprint density at radius 2 is 2.12 bits per heavy atom. The Balaban J connectivity index is 2.17. The normalized spacial score (nSPS) is 17.9. The number of likely N-dealkylation sites (tertiary alicyclic amines) is 1. The van der Waals surface area contributed by atoms with E-state index in [4.69, 9.17) is 18.0 Å². The van der Waals surface area contributed by atoms with E-state index in [1.807, 2.05) is 0 Å². The van der Waals surface area contributed by atoms with Gasteiger partial charge in [0.1, 0.15) is 0 Å². The molecule has 0 aromatic carbocycles. The van der Waals surface area contributed by atoms with Crippen LogP contribution >= 0.6 is 12.2 Å². The van der Waals surface area contributed by atoms with Gasteiger partial charge in [-0.25, -0.2) is 0 Å². The van der Waals surface area contributed by atoms with Gasteiger partial charge in [0.05, 0.1) is 11.5 Å². The van der Waals surface area contributed by atoms with E-state index < -0.39 is 0 Å². The van der Waals surface area contributed by atoms with Gasteiger partial charge in [0.2, 0.25) is 5.91 Å². The van der Waals surface area contributed by atoms with Gasteiger partial charge in [-0.15, -0.1) is 0 Å². The van der Waals surface area contributed by atoms with E-state index in [0.717, 1.165) is 45.3 Å². The number of carbonyl (C=O) groups is 1. The molecule has 0 unspecified atom stereocenters. The third-order valence-corrected chi connectivity index (χ3v) is 3.54. The van der Waals surface area contributed by atoms with Crippen molar-refractivity contribution in [3.8, 4) is 0 Å². The minimum absolute atomic E-state index is 0.132. The second kappa shape index (κ2) is 7.61. The molecular weight excluding hydrogens is 234 g/mol. The van der Waals surface area contributed by atoms with Crippen molar-refractivity contribution in [3.05, 3.63) is 0 Å². The summed E-state index contributed by atoms with van der Waals surface area (Å²) in [6.07, 6.45) is 4.13. The number of nitrogens with one attached hydrogen (secondary N) is 1. The predicted octanol–water partition coefficient (Wildman–Crippen LogP) is 0.901. The molecule has 0 spiro atoms. The van der Waals surface area contributed by atoms with Crippen LogP contribution in [0, 0.1) is 5.92 Å². The molecule has 0 atom stereocenters. The molecule has 0 aliphatic carbocycles. The van der Waals surface area contributed by atoms with Crippen LogP contribution < -0.4 is 11.1 Å². The standard InChI is InChI=1S/C12H23N3OS/c1-2-3-6-14-11(16)9-15-7-4-10(5-8-15)12(13)17/h10H,2-9H2,1H3,(H2,13,17)(H,14,16). The van der Waals surface area contributed by atoms with Crippen molar-refractivity contribution in [2.24, 2.45) is 11.7 Å². The largest absolute Gasteiger partial charge is 0.393 e. The van der Waals surface area contributed by atoms with Crippen LogP contribution in [0.25, 0.3) is 0 Å². The quantitative estimate of drug-likeness (QED) is 0.548. The van der Waals surface area contributed by atoms with Crippen molar-refractivity contribution >= 4 is 23.1 Å². The van der Waals surface area contributed by atoms with Crippen LogP contribution in [0.5, 0.6) is 0 Å². The lowest BCUT2D eigenvalue weighted by molar-refractivity contribution is -0.122. The molecule has 1 amide bonds. The highest BCUT2D eigenvalue weighted by molar-refractivity contribution is 7.80. The maximum absolute atomic E-state index is 11.6. The van der Waals surface area contributed by atoms with Crippen molar-refractivity contribution in [2.75, 3.05) is 26.2 Å². The predicted molar refractivity (Wildman–Crippen MR) is 73.9 cm³/mol. The summed E-state index contributed by atoms with van der Waals surface area (Å²) in [4.78, 5) is 14.4. The first-order valence-electron chi connectivity index (χ1n) is 6.41. The van der Waals surface area contributed by atoms with Crippen LogP contribution in [-0.4, -0.2) is 42.0 Å². The second-order valence-electron chi connectivity index (χ2n) is 4.66. The van der Waals surface area contributed by atoms with Gasteiger partial charge in [-0.05, 0) is 32.4 Å². The summed E-state index contributed by atoms with van der Waals surface area (Å²) in [5.74, 6) is 0.497. The Hall–Kier alpha value is -0.680. The fourth-order valence-electron chi connectivity index (χ4n) is 2.04. The van der Waals surface area contributed by atoms with Gasteiger partial charge in [-0.2, -0.15) is 0 Å². The first-order chi connectivity index (χ1) is 8.13. The molecule has 0 saturated carbocycles. The number of piperidine rings is 1. The van der Waals surface area contributed by atoms with Crippen molar-refractivity contribution in [1.82, 2.24) is 10.2 Å². The van der Waals surface area contributed by atoms with Gasteiger partial charge in [0.25, 0.3) is 0 Å². The third kappa shape index (κ3) is 5.46. The number of thiocarbonyl (C=S) groups is 1. The summed E-state index contributed by atoms with van der Waals surface area (Å²) in [6, 6.07) is 0. The lowest BCUT2D eigenvalue weighted by Gasteiger charge is -2.30. The van der Waals surface area contributed by atoms with Crippen LogP contribution in [0.1, 0.15) is 32.6 Å². The highest BCUT2D eigenvalue weighted by atomic mass is 32.1. The molecule has 1 aliphatic rings. The van der Waals surface area contributed by atoms with Crippen LogP contribution in [0.3, 0.4) is 0 Å². The number of amides is 1. The molecule has 0 aromatic rings. The fraction of sp³-hybridized carbons (Fsp3) is 0.833. The minimum atomic E-state index is 0.132. The number of hydrogen-bond donors (Lipinski definition) is 2. The zero-order chi connectivity index (χ0) is 12.7. The van der Waals surface area contributed by atoms with Crippen LogP contribution in [-0.2, 0) is 4.79 Å². The van der Waals surface area contributed by atoms with Gasteiger partial charge < -0.3 is 11.1 Å². The average molecular weight is 257 g/mol. The van der Waals surface area contributed by atoms with Gasteiger partial charge in [-0.3, -0.25) is 9.69 Å². The fourth-order valence-corrected chi connectivity index (χ4v) is 2.27. The molecule has 1 saturated heterocycles. The molecule has 0 bridgehead atoms. The summed E-state index contributed by atoms with van der Waals surface area (Å²) in [5, 5.41) is 2.93. The number of nitrogens with zero attached hydrogens (tertiary/aromatic N) is 1. The molecule has 3 N–H and O–H groups in total. The summed E-state index contributed by atoms with van der Waals surface area (Å²) in [6.45, 7) is 5.26. The number of unbranched alkanes of at least 4 members (excludes halogenated alkanes) is 1. The van der Waals surface area contributed by atoms with Crippen molar-refractivity contribution in [2.45, 2.75) is 32.6 Å². The van der Waals surface area contributed by atoms with E-state index in [1.165, 1.54) is 0 Å². The van der Waals surface area contributed by atoms with E-state index >= 15 is 0 Å². The Morgan fingerprint density at radius 1 is 1.47 bits per heavy atom. The zero-order valence-electron chi connectivity index (χ0n) is 10.6. The highest BCUT2D eigenvalue weighted by Gasteiger charge is 2.22. The molecule has 98 valence electrons. The van der Waals surface area contributed by atoms with Gasteiger partial charge >= 0.3 is 0 Å². The minimum Gasteiger partial charge on any atom is -0.393 e. The summed E-state index contributed by atoms with van der Waals surface area (Å²) >= 11 is 4.99. The van der Waals surface area contributed by atoms with E-state index in [2.05, 4.69) is 17.1 Å². The molecule has 0 aromatic heterocycles. The smallest absolute Gasteiger partial charge is 0.234 e. The SMILES string of the molecule is CCCCNC(=O)CN1CCC(C(N)=S)CC1. The molecular formula is C12H23N3OS. The monoisotopic (exact) mass is 257 g/mol. The molecule has 5 heteroatoms. The molecule has 1 heterocycles. The number of carbonyl (C=O) groups excluding carboxylic acids is 1. The molecule has 0 radical (unpaired) electrons. The lowest BCUT2D eigenvalue weighted by atomic mass is 9.97. The molecule has 1 rings (SSSR count). The Bertz CT molecular complexity index is 262. The molecule has 4 nitrogen and oxygen atoms in total. The van der Waals surface area contributed by atoms with E-state index in [0.29, 0.717) is 17.5 Å². The number of hydrogen-bond acceptors (Lipinski definition) is 3. The van der Waals surface area contributed by atoms with Gasteiger partial charge in [0, 0.05) is 12.5 Å². The molecule has 1 aliphatic heterocycles. The zero-order valence-corrected chi connectivity index (χ0v) is 11.4. The third-order valence-electron chi connectivity index (χ3n) is 3.21. The maximum atomic E-state index is 11.6. The van der Waals surface area contributed by atoms with Crippen LogP contribution in [0.15, 0.2) is 0 Å². The topological polar surface area (TPSA) is 58.4 Å². The van der Waals surface area contributed by atoms with Gasteiger partial charge in [-0.1, -0.05) is 25.6 Å². The Morgan fingerprint density at radius 3 is 2.65 bits per heavy atom. The Labute approximate surface area is 109 Å². The van der Waals surface area contributed by atoms with Crippen molar-refractivity contribution < 1.29 is 4.79 Å². The summed E-state index contributed by atoms with van der Waals surface area (Å²) in [5.41, 5.74) is 5.63. The van der Waals surface area contributed by atoms with Crippen LogP contribution in [0.2, 0.25) is 0 Å². The van der Waals surface area contributed by atoms with E-state index in [-0.39, 0.29) is 5.91 Å². The lowest BCUT2D eigenvalue weighted by Crippen LogP contribution is -2.43. The first kappa shape index (κ1) is 14.4. The summed E-state index contributed by atoms with van der Waals surface area (Å²) < 4.78 is 0.